The molecule has 1 atom stereocenters. The third kappa shape index (κ3) is 2.64. The molecule has 0 spiro atoms. The van der Waals surface area contributed by atoms with E-state index in [0.29, 0.717) is 17.4 Å². The summed E-state index contributed by atoms with van der Waals surface area (Å²) in [6.45, 7) is 2.16. The molecule has 1 heterocycles. The molecule has 0 amide bonds. The lowest BCUT2D eigenvalue weighted by molar-refractivity contribution is 0.0910. The topological polar surface area (TPSA) is 47.6 Å². The Morgan fingerprint density at radius 2 is 1.95 bits per heavy atom. The van der Waals surface area contributed by atoms with E-state index in [1.165, 1.54) is 12.8 Å². The number of benzene rings is 1. The largest absolute Gasteiger partial charge is 0.493 e. The summed E-state index contributed by atoms with van der Waals surface area (Å²) in [4.78, 5) is 12.8. The fourth-order valence-corrected chi connectivity index (χ4v) is 3.68. The Kier molecular flexibility index (Phi) is 4.15. The zero-order valence-corrected chi connectivity index (χ0v) is 12.8. The molecule has 114 valence electrons. The van der Waals surface area contributed by atoms with Crippen LogP contribution < -0.4 is 14.8 Å². The van der Waals surface area contributed by atoms with Crippen LogP contribution in [0, 0.1) is 11.8 Å². The van der Waals surface area contributed by atoms with Crippen molar-refractivity contribution >= 4 is 5.78 Å². The van der Waals surface area contributed by atoms with Gasteiger partial charge in [0.05, 0.1) is 19.8 Å². The van der Waals surface area contributed by atoms with Gasteiger partial charge in [-0.15, -0.1) is 0 Å². The van der Waals surface area contributed by atoms with Crippen molar-refractivity contribution in [1.29, 1.82) is 0 Å². The van der Waals surface area contributed by atoms with Crippen LogP contribution in [0.15, 0.2) is 12.1 Å². The van der Waals surface area contributed by atoms with Gasteiger partial charge in [-0.1, -0.05) is 6.07 Å². The number of fused-ring (bicyclic) bond motifs is 1. The Bertz CT molecular complexity index is 535. The number of carbonyl (C=O) groups excluding carboxylic acids is 1. The van der Waals surface area contributed by atoms with Gasteiger partial charge in [0, 0.05) is 5.92 Å². The summed E-state index contributed by atoms with van der Waals surface area (Å²) < 4.78 is 10.7. The number of piperidine rings is 1. The minimum absolute atomic E-state index is 0.115. The molecule has 4 heteroatoms. The third-order valence-electron chi connectivity index (χ3n) is 4.79. The number of carbonyl (C=O) groups is 1. The zero-order chi connectivity index (χ0) is 14.8. The maximum absolute atomic E-state index is 12.8. The fourth-order valence-electron chi connectivity index (χ4n) is 3.68. The summed E-state index contributed by atoms with van der Waals surface area (Å²) in [5, 5.41) is 3.38. The first-order valence-corrected chi connectivity index (χ1v) is 7.73. The van der Waals surface area contributed by atoms with Crippen molar-refractivity contribution in [3.05, 3.63) is 23.3 Å². The standard InChI is InChI=1S/C17H23NO3/c1-20-14-4-3-12-10-13(9-11-5-7-18-8-6-11)16(19)15(12)17(14)21-2/h3-4,11,13,18H,5-10H2,1-2H3. The second-order valence-corrected chi connectivity index (χ2v) is 6.03. The van der Waals surface area contributed by atoms with Crippen LogP contribution >= 0.6 is 0 Å². The number of hydrogen-bond donors (Lipinski definition) is 1. The van der Waals surface area contributed by atoms with Gasteiger partial charge in [0.15, 0.2) is 17.3 Å². The van der Waals surface area contributed by atoms with Gasteiger partial charge < -0.3 is 14.8 Å². The van der Waals surface area contributed by atoms with Crippen molar-refractivity contribution in [3.63, 3.8) is 0 Å². The SMILES string of the molecule is COc1ccc2c(c1OC)C(=O)C(CC1CCNCC1)C2. The van der Waals surface area contributed by atoms with Crippen LogP contribution in [0.2, 0.25) is 0 Å². The highest BCUT2D eigenvalue weighted by Crippen LogP contribution is 2.42. The smallest absolute Gasteiger partial charge is 0.171 e. The fraction of sp³-hybridized carbons (Fsp3) is 0.588. The molecule has 4 nitrogen and oxygen atoms in total. The lowest BCUT2D eigenvalue weighted by Crippen LogP contribution is -2.29. The Labute approximate surface area is 125 Å². The molecule has 0 radical (unpaired) electrons. The highest BCUT2D eigenvalue weighted by Gasteiger charge is 2.36. The van der Waals surface area contributed by atoms with Gasteiger partial charge >= 0.3 is 0 Å². The van der Waals surface area contributed by atoms with Gasteiger partial charge in [0.1, 0.15) is 0 Å². The predicted molar refractivity (Wildman–Crippen MR) is 81.3 cm³/mol. The van der Waals surface area contributed by atoms with E-state index in [4.69, 9.17) is 9.47 Å². The monoisotopic (exact) mass is 289 g/mol. The number of methoxy groups -OCH3 is 2. The molecule has 1 fully saturated rings. The van der Waals surface area contributed by atoms with E-state index in [9.17, 15) is 4.79 Å². The van der Waals surface area contributed by atoms with Gasteiger partial charge in [-0.2, -0.15) is 0 Å². The van der Waals surface area contributed by atoms with E-state index in [1.807, 2.05) is 12.1 Å². The summed E-state index contributed by atoms with van der Waals surface area (Å²) in [7, 11) is 3.21. The van der Waals surface area contributed by atoms with Crippen LogP contribution in [0.25, 0.3) is 0 Å². The molecule has 1 aromatic rings. The first-order chi connectivity index (χ1) is 10.2. The zero-order valence-electron chi connectivity index (χ0n) is 12.8. The highest BCUT2D eigenvalue weighted by atomic mass is 16.5. The molecular weight excluding hydrogens is 266 g/mol. The Morgan fingerprint density at radius 1 is 1.19 bits per heavy atom. The van der Waals surface area contributed by atoms with Crippen molar-refractivity contribution in [2.45, 2.75) is 25.7 Å². The molecular formula is C17H23NO3. The van der Waals surface area contributed by atoms with Crippen LogP contribution in [0.3, 0.4) is 0 Å². The number of rotatable bonds is 4. The van der Waals surface area contributed by atoms with Crippen molar-refractivity contribution in [3.8, 4) is 11.5 Å². The first kappa shape index (κ1) is 14.4. The Balaban J connectivity index is 1.81. The summed E-state index contributed by atoms with van der Waals surface area (Å²) in [5.74, 6) is 2.27. The summed E-state index contributed by atoms with van der Waals surface area (Å²) >= 11 is 0. The average molecular weight is 289 g/mol. The van der Waals surface area contributed by atoms with Crippen LogP contribution in [0.1, 0.15) is 35.2 Å². The Hall–Kier alpha value is -1.55. The molecule has 1 saturated heterocycles. The van der Waals surface area contributed by atoms with Crippen LogP contribution in [-0.4, -0.2) is 33.1 Å². The third-order valence-corrected chi connectivity index (χ3v) is 4.79. The van der Waals surface area contributed by atoms with Crippen LogP contribution in [0.4, 0.5) is 0 Å². The molecule has 1 aliphatic carbocycles. The minimum Gasteiger partial charge on any atom is -0.493 e. The predicted octanol–water partition coefficient (Wildman–Crippen LogP) is 2.45. The molecule has 0 aromatic heterocycles. The number of Topliss-reactive ketones (excluding diaryl/α,β-unsaturated/α-hetero) is 1. The van der Waals surface area contributed by atoms with E-state index < -0.39 is 0 Å². The normalized spacial score (nSPS) is 22.2. The molecule has 3 rings (SSSR count). The van der Waals surface area contributed by atoms with Crippen molar-refractivity contribution in [1.82, 2.24) is 5.32 Å². The lowest BCUT2D eigenvalue weighted by atomic mass is 9.86. The van der Waals surface area contributed by atoms with Gasteiger partial charge in [-0.3, -0.25) is 4.79 Å². The number of ketones is 1. The van der Waals surface area contributed by atoms with Gasteiger partial charge in [0.2, 0.25) is 0 Å². The Morgan fingerprint density at radius 3 is 2.62 bits per heavy atom. The molecule has 1 unspecified atom stereocenters. The van der Waals surface area contributed by atoms with Crippen molar-refractivity contribution < 1.29 is 14.3 Å². The van der Waals surface area contributed by atoms with E-state index in [0.717, 1.165) is 37.1 Å². The van der Waals surface area contributed by atoms with Crippen molar-refractivity contribution in [2.24, 2.45) is 11.8 Å². The van der Waals surface area contributed by atoms with Crippen molar-refractivity contribution in [2.75, 3.05) is 27.3 Å². The summed E-state index contributed by atoms with van der Waals surface area (Å²) in [6, 6.07) is 3.91. The first-order valence-electron chi connectivity index (χ1n) is 7.73. The maximum Gasteiger partial charge on any atom is 0.171 e. The minimum atomic E-state index is 0.115. The summed E-state index contributed by atoms with van der Waals surface area (Å²) in [6.07, 6.45) is 4.21. The molecule has 0 bridgehead atoms. The molecule has 1 aromatic carbocycles. The second kappa shape index (κ2) is 6.06. The molecule has 0 saturated carbocycles. The van der Waals surface area contributed by atoms with Crippen LogP contribution in [0.5, 0.6) is 11.5 Å². The molecule has 2 aliphatic rings. The average Bonchev–Trinajstić information content (AvgIpc) is 2.84. The molecule has 21 heavy (non-hydrogen) atoms. The number of ether oxygens (including phenoxy) is 2. The number of hydrogen-bond acceptors (Lipinski definition) is 4. The van der Waals surface area contributed by atoms with E-state index in [2.05, 4.69) is 5.32 Å². The maximum atomic E-state index is 12.8. The molecule has 1 aliphatic heterocycles. The van der Waals surface area contributed by atoms with E-state index in [1.54, 1.807) is 14.2 Å². The second-order valence-electron chi connectivity index (χ2n) is 6.03. The summed E-state index contributed by atoms with van der Waals surface area (Å²) in [5.41, 5.74) is 1.85. The lowest BCUT2D eigenvalue weighted by Gasteiger charge is -2.24. The highest BCUT2D eigenvalue weighted by molar-refractivity contribution is 6.05. The van der Waals surface area contributed by atoms with E-state index >= 15 is 0 Å². The number of nitrogens with one attached hydrogen (secondary N) is 1. The van der Waals surface area contributed by atoms with E-state index in [-0.39, 0.29) is 11.7 Å². The van der Waals surface area contributed by atoms with Gasteiger partial charge in [0.25, 0.3) is 0 Å². The molecule has 1 N–H and O–H groups in total. The van der Waals surface area contributed by atoms with Gasteiger partial charge in [-0.25, -0.2) is 0 Å². The quantitative estimate of drug-likeness (QED) is 0.925. The van der Waals surface area contributed by atoms with Gasteiger partial charge in [-0.05, 0) is 56.3 Å². The van der Waals surface area contributed by atoms with Crippen LogP contribution in [-0.2, 0) is 6.42 Å².